The van der Waals surface area contributed by atoms with E-state index in [0.29, 0.717) is 37.0 Å². The van der Waals surface area contributed by atoms with Crippen LogP contribution in [0.4, 0.5) is 4.39 Å². The van der Waals surface area contributed by atoms with Crippen LogP contribution in [0.5, 0.6) is 0 Å². The van der Waals surface area contributed by atoms with Gasteiger partial charge < -0.3 is 9.52 Å². The van der Waals surface area contributed by atoms with E-state index in [0.717, 1.165) is 9.35 Å². The van der Waals surface area contributed by atoms with Crippen LogP contribution in [0.3, 0.4) is 0 Å². The monoisotopic (exact) mass is 411 g/mol. The van der Waals surface area contributed by atoms with Gasteiger partial charge in [-0.15, -0.1) is 21.5 Å². The van der Waals surface area contributed by atoms with Gasteiger partial charge in [-0.2, -0.15) is 0 Å². The Kier molecular flexibility index (Phi) is 5.72. The van der Waals surface area contributed by atoms with Crippen molar-refractivity contribution in [3.8, 4) is 10.8 Å². The average molecular weight is 412 g/mol. The van der Waals surface area contributed by atoms with Gasteiger partial charge in [-0.3, -0.25) is 4.90 Å². The number of aromatic nitrogens is 2. The fourth-order valence-corrected chi connectivity index (χ4v) is 3.32. The van der Waals surface area contributed by atoms with Crippen molar-refractivity contribution in [2.24, 2.45) is 0 Å². The second-order valence-electron chi connectivity index (χ2n) is 5.15. The number of hydrogen-bond donors (Lipinski definition) is 1. The molecule has 8 heteroatoms. The largest absolute Gasteiger partial charge is 0.419 e. The van der Waals surface area contributed by atoms with Gasteiger partial charge in [0.15, 0.2) is 0 Å². The maximum absolute atomic E-state index is 13.9. The molecule has 5 nitrogen and oxygen atoms in total. The van der Waals surface area contributed by atoms with Crippen LogP contribution in [-0.4, -0.2) is 33.4 Å². The van der Waals surface area contributed by atoms with Gasteiger partial charge in [0, 0.05) is 23.1 Å². The number of nitrogens with zero attached hydrogens (tertiary/aromatic N) is 3. The summed E-state index contributed by atoms with van der Waals surface area (Å²) in [5.41, 5.74) is 0.538. The fraction of sp³-hybridized carbons (Fsp3) is 0.250. The summed E-state index contributed by atoms with van der Waals surface area (Å²) in [7, 11) is 0. The first-order valence-electron chi connectivity index (χ1n) is 7.29. The van der Waals surface area contributed by atoms with Crippen molar-refractivity contribution >= 4 is 27.3 Å². The Morgan fingerprint density at radius 3 is 2.88 bits per heavy atom. The van der Waals surface area contributed by atoms with Gasteiger partial charge >= 0.3 is 0 Å². The third-order valence-electron chi connectivity index (χ3n) is 3.38. The number of thiophene rings is 1. The minimum atomic E-state index is -0.286. The molecule has 2 heterocycles. The first-order valence-corrected chi connectivity index (χ1v) is 8.96. The van der Waals surface area contributed by atoms with Crippen molar-refractivity contribution in [1.29, 1.82) is 0 Å². The number of aliphatic hydroxyl groups excluding tert-OH is 1. The van der Waals surface area contributed by atoms with Gasteiger partial charge in [0.1, 0.15) is 5.82 Å². The molecule has 0 atom stereocenters. The van der Waals surface area contributed by atoms with Gasteiger partial charge in [-0.25, -0.2) is 4.39 Å². The lowest BCUT2D eigenvalue weighted by Crippen LogP contribution is -2.26. The van der Waals surface area contributed by atoms with E-state index < -0.39 is 0 Å². The van der Waals surface area contributed by atoms with E-state index in [4.69, 9.17) is 4.42 Å². The molecule has 0 bridgehead atoms. The van der Waals surface area contributed by atoms with Gasteiger partial charge in [0.05, 0.1) is 18.0 Å². The predicted octanol–water partition coefficient (Wildman–Crippen LogP) is 3.69. The molecule has 3 rings (SSSR count). The molecule has 0 spiro atoms. The number of benzene rings is 1. The molecule has 0 radical (unpaired) electrons. The Labute approximate surface area is 150 Å². The molecule has 0 saturated heterocycles. The normalized spacial score (nSPS) is 11.3. The van der Waals surface area contributed by atoms with Crippen LogP contribution in [0.25, 0.3) is 10.8 Å². The molecule has 0 fully saturated rings. The van der Waals surface area contributed by atoms with Crippen molar-refractivity contribution in [1.82, 2.24) is 15.1 Å². The molecule has 0 aliphatic rings. The van der Waals surface area contributed by atoms with Crippen molar-refractivity contribution in [3.05, 3.63) is 57.5 Å². The van der Waals surface area contributed by atoms with Crippen molar-refractivity contribution in [2.75, 3.05) is 13.2 Å². The van der Waals surface area contributed by atoms with Gasteiger partial charge in [-0.1, -0.05) is 22.0 Å². The zero-order valence-corrected chi connectivity index (χ0v) is 15.1. The Morgan fingerprint density at radius 2 is 2.12 bits per heavy atom. The fourth-order valence-electron chi connectivity index (χ4n) is 2.27. The van der Waals surface area contributed by atoms with Gasteiger partial charge in [-0.05, 0) is 29.6 Å². The summed E-state index contributed by atoms with van der Waals surface area (Å²) >= 11 is 4.86. The van der Waals surface area contributed by atoms with E-state index in [1.54, 1.807) is 12.1 Å². The molecule has 0 amide bonds. The van der Waals surface area contributed by atoms with E-state index >= 15 is 0 Å². The summed E-state index contributed by atoms with van der Waals surface area (Å²) in [4.78, 5) is 2.76. The van der Waals surface area contributed by atoms with Crippen molar-refractivity contribution in [2.45, 2.75) is 13.1 Å². The molecule has 0 saturated carbocycles. The van der Waals surface area contributed by atoms with E-state index in [-0.39, 0.29) is 12.4 Å². The lowest BCUT2D eigenvalue weighted by Gasteiger charge is -2.19. The molecule has 126 valence electrons. The minimum absolute atomic E-state index is 0.0401. The van der Waals surface area contributed by atoms with E-state index in [2.05, 4.69) is 26.1 Å². The standard InChI is InChI=1S/C16H15BrFN3O2S/c17-12-3-4-13(18)11(8-12)9-21(5-6-22)10-15-19-20-16(23-15)14-2-1-7-24-14/h1-4,7-8,22H,5-6,9-10H2. The minimum Gasteiger partial charge on any atom is -0.419 e. The van der Waals surface area contributed by atoms with Crippen LogP contribution < -0.4 is 0 Å². The SMILES string of the molecule is OCCN(Cc1nnc(-c2cccs2)o1)Cc1cc(Br)ccc1F. The molecule has 2 aromatic heterocycles. The topological polar surface area (TPSA) is 62.4 Å². The van der Waals surface area contributed by atoms with Crippen LogP contribution in [-0.2, 0) is 13.1 Å². The molecule has 1 N–H and O–H groups in total. The molecule has 0 aliphatic carbocycles. The predicted molar refractivity (Wildman–Crippen MR) is 92.9 cm³/mol. The zero-order valence-electron chi connectivity index (χ0n) is 12.7. The Morgan fingerprint density at radius 1 is 1.25 bits per heavy atom. The maximum Gasteiger partial charge on any atom is 0.257 e. The highest BCUT2D eigenvalue weighted by atomic mass is 79.9. The van der Waals surface area contributed by atoms with Crippen molar-refractivity contribution in [3.63, 3.8) is 0 Å². The lowest BCUT2D eigenvalue weighted by atomic mass is 10.2. The number of rotatable bonds is 7. The molecule has 1 aromatic carbocycles. The van der Waals surface area contributed by atoms with Crippen LogP contribution >= 0.6 is 27.3 Å². The molecule has 0 unspecified atom stereocenters. The second-order valence-corrected chi connectivity index (χ2v) is 7.01. The molecule has 24 heavy (non-hydrogen) atoms. The summed E-state index contributed by atoms with van der Waals surface area (Å²) in [6.45, 7) is 1.01. The smallest absolute Gasteiger partial charge is 0.257 e. The summed E-state index contributed by atoms with van der Waals surface area (Å²) in [5, 5.41) is 19.3. The van der Waals surface area contributed by atoms with Crippen LogP contribution in [0.2, 0.25) is 0 Å². The summed E-state index contributed by atoms with van der Waals surface area (Å²) in [6.07, 6.45) is 0. The third kappa shape index (κ3) is 4.27. The second kappa shape index (κ2) is 7.98. The Hall–Kier alpha value is -1.61. The van der Waals surface area contributed by atoms with Crippen LogP contribution in [0, 0.1) is 5.82 Å². The van der Waals surface area contributed by atoms with Gasteiger partial charge in [0.2, 0.25) is 5.89 Å². The van der Waals surface area contributed by atoms with Crippen molar-refractivity contribution < 1.29 is 13.9 Å². The third-order valence-corrected chi connectivity index (χ3v) is 4.73. The Balaban J connectivity index is 1.73. The van der Waals surface area contributed by atoms with Crippen LogP contribution in [0.1, 0.15) is 11.5 Å². The molecule has 3 aromatic rings. The number of halogens is 2. The first kappa shape index (κ1) is 17.2. The van der Waals surface area contributed by atoms with E-state index in [1.165, 1.54) is 17.4 Å². The highest BCUT2D eigenvalue weighted by Gasteiger charge is 2.15. The molecular formula is C16H15BrFN3O2S. The number of aliphatic hydroxyl groups is 1. The summed E-state index contributed by atoms with van der Waals surface area (Å²) in [5.74, 6) is 0.616. The highest BCUT2D eigenvalue weighted by Crippen LogP contribution is 2.24. The maximum atomic E-state index is 13.9. The van der Waals surface area contributed by atoms with E-state index in [1.807, 2.05) is 22.4 Å². The molecule has 0 aliphatic heterocycles. The van der Waals surface area contributed by atoms with Gasteiger partial charge in [0.25, 0.3) is 5.89 Å². The average Bonchev–Trinajstić information content (AvgIpc) is 3.22. The number of hydrogen-bond acceptors (Lipinski definition) is 6. The summed E-state index contributed by atoms with van der Waals surface area (Å²) < 4.78 is 20.4. The van der Waals surface area contributed by atoms with Crippen LogP contribution in [0.15, 0.2) is 44.6 Å². The quantitative estimate of drug-likeness (QED) is 0.642. The zero-order chi connectivity index (χ0) is 16.9. The first-order chi connectivity index (χ1) is 11.7. The van der Waals surface area contributed by atoms with E-state index in [9.17, 15) is 9.50 Å². The highest BCUT2D eigenvalue weighted by molar-refractivity contribution is 9.10. The summed E-state index contributed by atoms with van der Waals surface area (Å²) in [6, 6.07) is 8.62. The Bertz CT molecular complexity index is 794. The molecular weight excluding hydrogens is 397 g/mol. The lowest BCUT2D eigenvalue weighted by molar-refractivity contribution is 0.171.